The third-order valence-corrected chi connectivity index (χ3v) is 4.66. The molecule has 0 saturated carbocycles. The average Bonchev–Trinajstić information content (AvgIpc) is 2.61. The molecule has 0 unspecified atom stereocenters. The first-order valence-electron chi connectivity index (χ1n) is 9.06. The van der Waals surface area contributed by atoms with Crippen molar-refractivity contribution in [2.45, 2.75) is 33.1 Å². The minimum atomic E-state index is -0.270. The van der Waals surface area contributed by atoms with Crippen LogP contribution in [0, 0.1) is 19.7 Å². The highest BCUT2D eigenvalue weighted by Gasteiger charge is 2.08. The maximum absolute atomic E-state index is 12.9. The van der Waals surface area contributed by atoms with E-state index in [1.165, 1.54) is 12.1 Å². The minimum absolute atomic E-state index is 0.0998. The summed E-state index contributed by atoms with van der Waals surface area (Å²) in [5.41, 5.74) is 4.46. The van der Waals surface area contributed by atoms with E-state index in [9.17, 15) is 14.0 Å². The van der Waals surface area contributed by atoms with E-state index in [2.05, 4.69) is 16.4 Å². The van der Waals surface area contributed by atoms with Crippen LogP contribution in [0.15, 0.2) is 47.3 Å². The van der Waals surface area contributed by atoms with Gasteiger partial charge in [-0.15, -0.1) is 0 Å². The van der Waals surface area contributed by atoms with Gasteiger partial charge in [-0.25, -0.2) is 4.39 Å². The summed E-state index contributed by atoms with van der Waals surface area (Å²) in [4.78, 5) is 27.3. The highest BCUT2D eigenvalue weighted by Crippen LogP contribution is 2.18. The molecule has 140 valence electrons. The van der Waals surface area contributed by atoms with Crippen molar-refractivity contribution in [3.63, 3.8) is 0 Å². The number of carbonyl (C=O) groups is 1. The molecule has 0 aliphatic carbocycles. The Balaban J connectivity index is 1.57. The summed E-state index contributed by atoms with van der Waals surface area (Å²) in [5.74, 6) is -0.369. The van der Waals surface area contributed by atoms with Crippen LogP contribution in [0.25, 0.3) is 10.9 Å². The molecule has 2 N–H and O–H groups in total. The van der Waals surface area contributed by atoms with Gasteiger partial charge in [0, 0.05) is 29.4 Å². The number of aromatic nitrogens is 1. The SMILES string of the molecule is Cc1cc(C)c2cc(CCC(=O)NCCc3ccc(F)cc3)c(=O)[nH]c2c1. The molecule has 3 aromatic rings. The number of fused-ring (bicyclic) bond motifs is 1. The predicted octanol–water partition coefficient (Wildman–Crippen LogP) is 3.58. The molecule has 1 aromatic heterocycles. The fourth-order valence-corrected chi connectivity index (χ4v) is 3.24. The zero-order valence-electron chi connectivity index (χ0n) is 15.6. The van der Waals surface area contributed by atoms with E-state index < -0.39 is 0 Å². The lowest BCUT2D eigenvalue weighted by molar-refractivity contribution is -0.121. The maximum Gasteiger partial charge on any atom is 0.251 e. The quantitative estimate of drug-likeness (QED) is 0.700. The van der Waals surface area contributed by atoms with Gasteiger partial charge in [-0.05, 0) is 67.6 Å². The third-order valence-electron chi connectivity index (χ3n) is 4.66. The van der Waals surface area contributed by atoms with Gasteiger partial charge in [-0.1, -0.05) is 18.2 Å². The van der Waals surface area contributed by atoms with Crippen LogP contribution in [-0.2, 0) is 17.6 Å². The molecule has 0 aliphatic rings. The fourth-order valence-electron chi connectivity index (χ4n) is 3.24. The first kappa shape index (κ1) is 18.8. The molecular weight excluding hydrogens is 343 g/mol. The fraction of sp³-hybridized carbons (Fsp3) is 0.273. The van der Waals surface area contributed by atoms with Crippen LogP contribution < -0.4 is 10.9 Å². The molecule has 0 fully saturated rings. The van der Waals surface area contributed by atoms with Gasteiger partial charge >= 0.3 is 0 Å². The summed E-state index contributed by atoms with van der Waals surface area (Å²) in [6.45, 7) is 4.49. The summed E-state index contributed by atoms with van der Waals surface area (Å²) in [6.07, 6.45) is 1.28. The summed E-state index contributed by atoms with van der Waals surface area (Å²) in [6, 6.07) is 12.1. The van der Waals surface area contributed by atoms with E-state index in [1.807, 2.05) is 26.0 Å². The van der Waals surface area contributed by atoms with Crippen molar-refractivity contribution in [1.82, 2.24) is 10.3 Å². The van der Waals surface area contributed by atoms with Gasteiger partial charge in [0.05, 0.1) is 0 Å². The first-order valence-corrected chi connectivity index (χ1v) is 9.06. The van der Waals surface area contributed by atoms with Gasteiger partial charge in [0.25, 0.3) is 5.56 Å². The predicted molar refractivity (Wildman–Crippen MR) is 105 cm³/mol. The molecule has 0 bridgehead atoms. The number of aromatic amines is 1. The molecule has 0 radical (unpaired) electrons. The van der Waals surface area contributed by atoms with Gasteiger partial charge in [-0.3, -0.25) is 9.59 Å². The number of hydrogen-bond donors (Lipinski definition) is 2. The van der Waals surface area contributed by atoms with Crippen LogP contribution in [-0.4, -0.2) is 17.4 Å². The van der Waals surface area contributed by atoms with Crippen molar-refractivity contribution in [1.29, 1.82) is 0 Å². The van der Waals surface area contributed by atoms with Crippen LogP contribution in [0.4, 0.5) is 4.39 Å². The van der Waals surface area contributed by atoms with Crippen molar-refractivity contribution in [2.24, 2.45) is 0 Å². The van der Waals surface area contributed by atoms with E-state index in [4.69, 9.17) is 0 Å². The lowest BCUT2D eigenvalue weighted by Crippen LogP contribution is -2.26. The minimum Gasteiger partial charge on any atom is -0.356 e. The molecule has 4 nitrogen and oxygen atoms in total. The molecule has 1 amide bonds. The first-order chi connectivity index (χ1) is 12.9. The molecule has 27 heavy (non-hydrogen) atoms. The number of amides is 1. The molecule has 5 heteroatoms. The third kappa shape index (κ3) is 4.82. The summed E-state index contributed by atoms with van der Waals surface area (Å²) < 4.78 is 12.9. The lowest BCUT2D eigenvalue weighted by atomic mass is 10.0. The number of H-pyrrole nitrogens is 1. The number of hydrogen-bond acceptors (Lipinski definition) is 2. The Morgan fingerprint density at radius 3 is 2.56 bits per heavy atom. The molecule has 0 aliphatic heterocycles. The van der Waals surface area contributed by atoms with Gasteiger partial charge in [-0.2, -0.15) is 0 Å². The average molecular weight is 366 g/mol. The number of rotatable bonds is 6. The summed E-state index contributed by atoms with van der Waals surface area (Å²) in [7, 11) is 0. The van der Waals surface area contributed by atoms with Crippen molar-refractivity contribution in [3.05, 3.63) is 80.9 Å². The van der Waals surface area contributed by atoms with Crippen molar-refractivity contribution in [2.75, 3.05) is 6.54 Å². The Hall–Kier alpha value is -2.95. The van der Waals surface area contributed by atoms with Crippen LogP contribution >= 0.6 is 0 Å². The smallest absolute Gasteiger partial charge is 0.251 e. The van der Waals surface area contributed by atoms with Gasteiger partial charge in [0.15, 0.2) is 0 Å². The van der Waals surface area contributed by atoms with Gasteiger partial charge in [0.1, 0.15) is 5.82 Å². The molecule has 1 heterocycles. The van der Waals surface area contributed by atoms with Crippen LogP contribution in [0.2, 0.25) is 0 Å². The Kier molecular flexibility index (Phi) is 5.69. The largest absolute Gasteiger partial charge is 0.356 e. The highest BCUT2D eigenvalue weighted by atomic mass is 19.1. The Morgan fingerprint density at radius 2 is 1.81 bits per heavy atom. The summed E-state index contributed by atoms with van der Waals surface area (Å²) in [5, 5.41) is 3.85. The zero-order chi connectivity index (χ0) is 19.4. The Morgan fingerprint density at radius 1 is 1.07 bits per heavy atom. The maximum atomic E-state index is 12.9. The zero-order valence-corrected chi connectivity index (χ0v) is 15.6. The van der Waals surface area contributed by atoms with Gasteiger partial charge in [0.2, 0.25) is 5.91 Å². The number of nitrogens with one attached hydrogen (secondary N) is 2. The van der Waals surface area contributed by atoms with Crippen molar-refractivity contribution >= 4 is 16.8 Å². The van der Waals surface area contributed by atoms with E-state index in [-0.39, 0.29) is 23.7 Å². The molecule has 0 spiro atoms. The normalized spacial score (nSPS) is 10.9. The second-order valence-electron chi connectivity index (χ2n) is 6.89. The second kappa shape index (κ2) is 8.16. The number of halogens is 1. The summed E-state index contributed by atoms with van der Waals surface area (Å²) >= 11 is 0. The monoisotopic (exact) mass is 366 g/mol. The van der Waals surface area contributed by atoms with Crippen molar-refractivity contribution in [3.8, 4) is 0 Å². The van der Waals surface area contributed by atoms with Crippen LogP contribution in [0.3, 0.4) is 0 Å². The number of aryl methyl sites for hydroxylation is 3. The standard InChI is InChI=1S/C22H23FN2O2/c1-14-11-15(2)19-13-17(22(27)25-20(19)12-14)5-8-21(26)24-10-9-16-3-6-18(23)7-4-16/h3-4,6-7,11-13H,5,8-10H2,1-2H3,(H,24,26)(H,25,27). The molecule has 0 saturated heterocycles. The Bertz CT molecular complexity index is 1020. The van der Waals surface area contributed by atoms with E-state index in [0.717, 1.165) is 27.6 Å². The van der Waals surface area contributed by atoms with E-state index >= 15 is 0 Å². The number of pyridine rings is 1. The number of benzene rings is 2. The molecule has 2 aromatic carbocycles. The van der Waals surface area contributed by atoms with Crippen LogP contribution in [0.1, 0.15) is 28.7 Å². The lowest BCUT2D eigenvalue weighted by Gasteiger charge is -2.08. The Labute approximate surface area is 157 Å². The molecular formula is C22H23FN2O2. The van der Waals surface area contributed by atoms with E-state index in [1.54, 1.807) is 12.1 Å². The molecule has 3 rings (SSSR count). The van der Waals surface area contributed by atoms with E-state index in [0.29, 0.717) is 24.9 Å². The number of carbonyl (C=O) groups excluding carboxylic acids is 1. The molecule has 0 atom stereocenters. The highest BCUT2D eigenvalue weighted by molar-refractivity contribution is 5.83. The topological polar surface area (TPSA) is 62.0 Å². The van der Waals surface area contributed by atoms with Crippen molar-refractivity contribution < 1.29 is 9.18 Å². The van der Waals surface area contributed by atoms with Gasteiger partial charge < -0.3 is 10.3 Å². The second-order valence-corrected chi connectivity index (χ2v) is 6.89. The van der Waals surface area contributed by atoms with Crippen LogP contribution in [0.5, 0.6) is 0 Å².